The molecule has 0 unspecified atom stereocenters. The summed E-state index contributed by atoms with van der Waals surface area (Å²) in [5.74, 6) is -0.148. The number of carbonyl (C=O) groups excluding carboxylic acids is 2. The van der Waals surface area contributed by atoms with E-state index in [0.717, 1.165) is 30.7 Å². The molecule has 0 aromatic carbocycles. The second kappa shape index (κ2) is 7.86. The first kappa shape index (κ1) is 18.6. The Hall–Kier alpha value is -1.78. The fourth-order valence-electron chi connectivity index (χ4n) is 3.77. The Balaban J connectivity index is 1.91. The Morgan fingerprint density at radius 1 is 1.29 bits per heavy atom. The highest BCUT2D eigenvalue weighted by molar-refractivity contribution is 5.92. The van der Waals surface area contributed by atoms with Crippen LogP contribution < -0.4 is 5.32 Å². The average Bonchev–Trinajstić information content (AvgIpc) is 2.82. The topological polar surface area (TPSA) is 60.3 Å². The molecule has 1 fully saturated rings. The van der Waals surface area contributed by atoms with Crippen LogP contribution in [-0.4, -0.2) is 29.1 Å². The molecule has 1 aliphatic rings. The molecule has 1 amide bonds. The predicted octanol–water partition coefficient (Wildman–Crippen LogP) is 3.54. The summed E-state index contributed by atoms with van der Waals surface area (Å²) in [4.78, 5) is 24.4. The van der Waals surface area contributed by atoms with Gasteiger partial charge in [-0.1, -0.05) is 19.8 Å². The number of amides is 1. The highest BCUT2D eigenvalue weighted by Gasteiger charge is 2.24. The van der Waals surface area contributed by atoms with E-state index in [4.69, 9.17) is 4.74 Å². The normalized spacial score (nSPS) is 20.9. The van der Waals surface area contributed by atoms with Gasteiger partial charge in [0.2, 0.25) is 0 Å². The van der Waals surface area contributed by atoms with Gasteiger partial charge >= 0.3 is 5.97 Å². The molecule has 1 aromatic rings. The van der Waals surface area contributed by atoms with E-state index in [-0.39, 0.29) is 24.6 Å². The van der Waals surface area contributed by atoms with Gasteiger partial charge in [0.05, 0.1) is 5.56 Å². The van der Waals surface area contributed by atoms with Crippen LogP contribution in [-0.2, 0) is 9.53 Å². The Morgan fingerprint density at radius 3 is 2.54 bits per heavy atom. The first-order valence-corrected chi connectivity index (χ1v) is 8.96. The molecule has 2 atom stereocenters. The van der Waals surface area contributed by atoms with Crippen LogP contribution in [0.25, 0.3) is 0 Å². The monoisotopic (exact) mass is 334 g/mol. The van der Waals surface area contributed by atoms with Crippen LogP contribution in [0, 0.1) is 19.8 Å². The van der Waals surface area contributed by atoms with Crippen molar-refractivity contribution in [2.24, 2.45) is 5.92 Å². The number of ether oxygens (including phenoxy) is 1. The van der Waals surface area contributed by atoms with Crippen LogP contribution in [0.4, 0.5) is 0 Å². The third-order valence-electron chi connectivity index (χ3n) is 5.01. The van der Waals surface area contributed by atoms with Crippen LogP contribution in [0.3, 0.4) is 0 Å². The summed E-state index contributed by atoms with van der Waals surface area (Å²) < 4.78 is 7.33. The van der Waals surface area contributed by atoms with Crippen LogP contribution in [0.1, 0.15) is 74.2 Å². The maximum absolute atomic E-state index is 12.3. The Labute approximate surface area is 144 Å². The number of carbonyl (C=O) groups is 2. The van der Waals surface area contributed by atoms with Crippen molar-refractivity contribution in [1.82, 2.24) is 9.88 Å². The number of nitrogens with one attached hydrogen (secondary N) is 1. The molecule has 1 heterocycles. The Kier molecular flexibility index (Phi) is 6.08. The fraction of sp³-hybridized carbons (Fsp3) is 0.684. The standard InChI is InChI=1S/C19H30N2O3/c1-12(2)21-14(4)10-16(15(21)5)19(23)24-11-18(22)20-17-9-7-6-8-13(17)3/h10,12-13,17H,6-9,11H2,1-5H3,(H,20,22)/t13-,17+/m1/s1. The van der Waals surface area contributed by atoms with Gasteiger partial charge in [0.1, 0.15) is 0 Å². The average molecular weight is 334 g/mol. The Bertz CT molecular complexity index is 604. The van der Waals surface area contributed by atoms with Crippen LogP contribution >= 0.6 is 0 Å². The second-order valence-corrected chi connectivity index (χ2v) is 7.26. The minimum Gasteiger partial charge on any atom is -0.452 e. The molecule has 1 aromatic heterocycles. The van der Waals surface area contributed by atoms with Crippen molar-refractivity contribution in [3.8, 4) is 0 Å². The summed E-state index contributed by atoms with van der Waals surface area (Å²) in [7, 11) is 0. The smallest absolute Gasteiger partial charge is 0.340 e. The van der Waals surface area contributed by atoms with Crippen molar-refractivity contribution in [2.45, 2.75) is 72.4 Å². The molecule has 5 heteroatoms. The lowest BCUT2D eigenvalue weighted by Gasteiger charge is -2.29. The molecular weight excluding hydrogens is 304 g/mol. The lowest BCUT2D eigenvalue weighted by atomic mass is 9.86. The van der Waals surface area contributed by atoms with Crippen molar-refractivity contribution in [3.63, 3.8) is 0 Å². The van der Waals surface area contributed by atoms with Crippen LogP contribution in [0.5, 0.6) is 0 Å². The number of rotatable bonds is 5. The molecule has 1 aliphatic carbocycles. The molecule has 0 saturated heterocycles. The highest BCUT2D eigenvalue weighted by atomic mass is 16.5. The Morgan fingerprint density at radius 2 is 1.96 bits per heavy atom. The van der Waals surface area contributed by atoms with E-state index >= 15 is 0 Å². The number of aryl methyl sites for hydroxylation is 1. The van der Waals surface area contributed by atoms with Gasteiger partial charge in [0.15, 0.2) is 6.61 Å². The molecule has 0 radical (unpaired) electrons. The van der Waals surface area contributed by atoms with Crippen molar-refractivity contribution >= 4 is 11.9 Å². The maximum atomic E-state index is 12.3. The van der Waals surface area contributed by atoms with Gasteiger partial charge in [-0.15, -0.1) is 0 Å². The molecule has 0 aliphatic heterocycles. The molecule has 24 heavy (non-hydrogen) atoms. The summed E-state index contributed by atoms with van der Waals surface area (Å²) in [6, 6.07) is 2.32. The van der Waals surface area contributed by atoms with E-state index in [2.05, 4.69) is 30.7 Å². The molecule has 0 bridgehead atoms. The van der Waals surface area contributed by atoms with Gasteiger partial charge in [-0.2, -0.15) is 0 Å². The molecule has 2 rings (SSSR count). The number of hydrogen-bond donors (Lipinski definition) is 1. The SMILES string of the molecule is Cc1cc(C(=O)OCC(=O)N[C@H]2CCCC[C@H]2C)c(C)n1C(C)C. The van der Waals surface area contributed by atoms with Crippen molar-refractivity contribution in [2.75, 3.05) is 6.61 Å². The predicted molar refractivity (Wildman–Crippen MR) is 94.1 cm³/mol. The van der Waals surface area contributed by atoms with E-state index in [1.165, 1.54) is 6.42 Å². The van der Waals surface area contributed by atoms with Gasteiger partial charge in [-0.3, -0.25) is 4.79 Å². The largest absolute Gasteiger partial charge is 0.452 e. The van der Waals surface area contributed by atoms with Gasteiger partial charge in [0.25, 0.3) is 5.91 Å². The van der Waals surface area contributed by atoms with Crippen LogP contribution in [0.15, 0.2) is 6.07 Å². The zero-order chi connectivity index (χ0) is 17.9. The summed E-state index contributed by atoms with van der Waals surface area (Å²) in [6.45, 7) is 9.99. The molecule has 134 valence electrons. The van der Waals surface area contributed by atoms with Crippen molar-refractivity contribution in [1.29, 1.82) is 0 Å². The number of aromatic nitrogens is 1. The van der Waals surface area contributed by atoms with Gasteiger partial charge in [-0.05, 0) is 52.5 Å². The third-order valence-corrected chi connectivity index (χ3v) is 5.01. The summed E-state index contributed by atoms with van der Waals surface area (Å²) in [5, 5.41) is 3.00. The number of esters is 1. The van der Waals surface area contributed by atoms with E-state index in [9.17, 15) is 9.59 Å². The van der Waals surface area contributed by atoms with Crippen molar-refractivity contribution in [3.05, 3.63) is 23.0 Å². The lowest BCUT2D eigenvalue weighted by Crippen LogP contribution is -2.42. The quantitative estimate of drug-likeness (QED) is 0.838. The van der Waals surface area contributed by atoms with Gasteiger partial charge in [-0.25, -0.2) is 4.79 Å². The zero-order valence-electron chi connectivity index (χ0n) is 15.5. The minimum absolute atomic E-state index is 0.205. The lowest BCUT2D eigenvalue weighted by molar-refractivity contribution is -0.125. The molecule has 1 saturated carbocycles. The van der Waals surface area contributed by atoms with E-state index < -0.39 is 5.97 Å². The number of nitrogens with zero attached hydrogens (tertiary/aromatic N) is 1. The van der Waals surface area contributed by atoms with E-state index in [1.807, 2.05) is 19.9 Å². The fourth-order valence-corrected chi connectivity index (χ4v) is 3.77. The molecule has 1 N–H and O–H groups in total. The second-order valence-electron chi connectivity index (χ2n) is 7.26. The minimum atomic E-state index is -0.429. The molecular formula is C19H30N2O3. The first-order valence-electron chi connectivity index (χ1n) is 8.96. The maximum Gasteiger partial charge on any atom is 0.340 e. The van der Waals surface area contributed by atoms with Crippen LogP contribution in [0.2, 0.25) is 0 Å². The summed E-state index contributed by atoms with van der Waals surface area (Å²) in [6.07, 6.45) is 4.53. The van der Waals surface area contributed by atoms with Gasteiger partial charge in [0, 0.05) is 23.5 Å². The van der Waals surface area contributed by atoms with Gasteiger partial charge < -0.3 is 14.6 Å². The summed E-state index contributed by atoms with van der Waals surface area (Å²) >= 11 is 0. The highest BCUT2D eigenvalue weighted by Crippen LogP contribution is 2.24. The third kappa shape index (κ3) is 4.19. The number of hydrogen-bond acceptors (Lipinski definition) is 3. The first-order chi connectivity index (χ1) is 11.3. The summed E-state index contributed by atoms with van der Waals surface area (Å²) in [5.41, 5.74) is 2.45. The van der Waals surface area contributed by atoms with Crippen molar-refractivity contribution < 1.29 is 14.3 Å². The molecule has 0 spiro atoms. The van der Waals surface area contributed by atoms with E-state index in [0.29, 0.717) is 11.5 Å². The molecule has 5 nitrogen and oxygen atoms in total. The zero-order valence-corrected chi connectivity index (χ0v) is 15.5. The van der Waals surface area contributed by atoms with E-state index in [1.54, 1.807) is 0 Å².